The molecular formula is C24H29FN2O3. The van der Waals surface area contributed by atoms with Crippen LogP contribution in [0.5, 0.6) is 0 Å². The standard InChI is InChI=1S/C24H29FN2O3/c1-14(2)30-23(29)18-12-27(22(28)17-8-9-19(25)15(3)10-17)13-24(5,6)21-20(18)16(4)11-26(21)7/h8-12,14H,13H2,1-7H3. The lowest BCUT2D eigenvalue weighted by Crippen LogP contribution is -2.38. The SMILES string of the molecule is Cc1cc(C(=O)N2C=C(C(=O)OC(C)C)c3c(C)cn(C)c3C(C)(C)C2)ccc1F. The first-order valence-corrected chi connectivity index (χ1v) is 10.1. The Morgan fingerprint density at radius 2 is 1.83 bits per heavy atom. The van der Waals surface area contributed by atoms with Gasteiger partial charge < -0.3 is 14.2 Å². The van der Waals surface area contributed by atoms with E-state index >= 15 is 0 Å². The lowest BCUT2D eigenvalue weighted by atomic mass is 9.84. The second-order valence-corrected chi connectivity index (χ2v) is 8.92. The molecule has 1 aromatic heterocycles. The lowest BCUT2D eigenvalue weighted by Gasteiger charge is -2.30. The monoisotopic (exact) mass is 412 g/mol. The van der Waals surface area contributed by atoms with E-state index in [0.717, 1.165) is 16.8 Å². The van der Waals surface area contributed by atoms with Gasteiger partial charge in [-0.25, -0.2) is 9.18 Å². The predicted octanol–water partition coefficient (Wildman–Crippen LogP) is 4.51. The van der Waals surface area contributed by atoms with Crippen LogP contribution in [0.2, 0.25) is 0 Å². The Kier molecular flexibility index (Phi) is 5.63. The number of nitrogens with zero attached hydrogens (tertiary/aromatic N) is 2. The molecule has 1 aliphatic heterocycles. The Labute approximate surface area is 177 Å². The summed E-state index contributed by atoms with van der Waals surface area (Å²) in [5.41, 5.74) is 3.42. The zero-order chi connectivity index (χ0) is 22.4. The summed E-state index contributed by atoms with van der Waals surface area (Å²) in [6.07, 6.45) is 3.29. The molecule has 0 aliphatic carbocycles. The van der Waals surface area contributed by atoms with Crippen molar-refractivity contribution in [1.82, 2.24) is 9.47 Å². The molecule has 0 bridgehead atoms. The van der Waals surface area contributed by atoms with Crippen molar-refractivity contribution < 1.29 is 18.7 Å². The van der Waals surface area contributed by atoms with E-state index in [9.17, 15) is 14.0 Å². The normalized spacial score (nSPS) is 15.5. The van der Waals surface area contributed by atoms with Crippen LogP contribution >= 0.6 is 0 Å². The summed E-state index contributed by atoms with van der Waals surface area (Å²) < 4.78 is 21.2. The zero-order valence-corrected chi connectivity index (χ0v) is 18.7. The predicted molar refractivity (Wildman–Crippen MR) is 115 cm³/mol. The number of aromatic nitrogens is 1. The number of amides is 1. The molecule has 1 amide bonds. The smallest absolute Gasteiger partial charge is 0.340 e. The van der Waals surface area contributed by atoms with Gasteiger partial charge in [0.25, 0.3) is 5.91 Å². The third-order valence-electron chi connectivity index (χ3n) is 5.36. The maximum atomic E-state index is 13.7. The van der Waals surface area contributed by atoms with Gasteiger partial charge in [0.15, 0.2) is 0 Å². The van der Waals surface area contributed by atoms with Gasteiger partial charge in [0.05, 0.1) is 11.7 Å². The van der Waals surface area contributed by atoms with Gasteiger partial charge in [-0.3, -0.25) is 4.79 Å². The van der Waals surface area contributed by atoms with Gasteiger partial charge in [0, 0.05) is 48.2 Å². The highest BCUT2D eigenvalue weighted by Crippen LogP contribution is 2.38. The topological polar surface area (TPSA) is 51.5 Å². The van der Waals surface area contributed by atoms with Crippen molar-refractivity contribution in [3.8, 4) is 0 Å². The number of halogens is 1. The van der Waals surface area contributed by atoms with Crippen molar-refractivity contribution in [2.45, 2.75) is 53.1 Å². The summed E-state index contributed by atoms with van der Waals surface area (Å²) in [4.78, 5) is 27.9. The Bertz CT molecular complexity index is 1050. The highest BCUT2D eigenvalue weighted by atomic mass is 19.1. The second-order valence-electron chi connectivity index (χ2n) is 8.92. The molecule has 0 saturated carbocycles. The van der Waals surface area contributed by atoms with E-state index in [1.54, 1.807) is 31.9 Å². The summed E-state index contributed by atoms with van der Waals surface area (Å²) in [5, 5.41) is 0. The molecule has 0 N–H and O–H groups in total. The zero-order valence-electron chi connectivity index (χ0n) is 18.7. The molecule has 0 atom stereocenters. The molecule has 160 valence electrons. The summed E-state index contributed by atoms with van der Waals surface area (Å²) in [7, 11) is 1.94. The Hall–Kier alpha value is -2.89. The van der Waals surface area contributed by atoms with Crippen LogP contribution in [0.1, 0.15) is 60.4 Å². The van der Waals surface area contributed by atoms with Crippen LogP contribution in [0.3, 0.4) is 0 Å². The van der Waals surface area contributed by atoms with Crippen LogP contribution in [0.25, 0.3) is 5.57 Å². The minimum Gasteiger partial charge on any atom is -0.459 e. The number of carbonyl (C=O) groups excluding carboxylic acids is 2. The van der Waals surface area contributed by atoms with Crippen LogP contribution in [-0.4, -0.2) is 34.0 Å². The number of carbonyl (C=O) groups is 2. The number of benzene rings is 1. The Balaban J connectivity index is 2.16. The number of rotatable bonds is 3. The Morgan fingerprint density at radius 1 is 1.17 bits per heavy atom. The minimum absolute atomic E-state index is 0.286. The largest absolute Gasteiger partial charge is 0.459 e. The molecule has 30 heavy (non-hydrogen) atoms. The summed E-state index contributed by atoms with van der Waals surface area (Å²) >= 11 is 0. The van der Waals surface area contributed by atoms with Crippen molar-refractivity contribution in [3.05, 3.63) is 64.4 Å². The molecule has 0 unspecified atom stereocenters. The molecule has 0 saturated heterocycles. The minimum atomic E-state index is -0.466. The molecule has 2 aromatic rings. The summed E-state index contributed by atoms with van der Waals surface area (Å²) in [6.45, 7) is 11.6. The van der Waals surface area contributed by atoms with Crippen LogP contribution in [0.4, 0.5) is 4.39 Å². The Morgan fingerprint density at radius 3 is 2.43 bits per heavy atom. The summed E-state index contributed by atoms with van der Waals surface area (Å²) in [5.74, 6) is -1.11. The molecular weight excluding hydrogens is 383 g/mol. The van der Waals surface area contributed by atoms with Gasteiger partial charge in [-0.15, -0.1) is 0 Å². The highest BCUT2D eigenvalue weighted by Gasteiger charge is 2.38. The van der Waals surface area contributed by atoms with E-state index in [0.29, 0.717) is 23.2 Å². The molecule has 0 fully saturated rings. The first-order chi connectivity index (χ1) is 13.9. The van der Waals surface area contributed by atoms with E-state index in [4.69, 9.17) is 4.74 Å². The number of hydrogen-bond acceptors (Lipinski definition) is 3. The fourth-order valence-electron chi connectivity index (χ4n) is 4.21. The molecule has 1 aliphatic rings. The average Bonchev–Trinajstić information content (AvgIpc) is 2.86. The van der Waals surface area contributed by atoms with Gasteiger partial charge >= 0.3 is 5.97 Å². The number of aryl methyl sites for hydroxylation is 3. The van der Waals surface area contributed by atoms with Gasteiger partial charge in [-0.05, 0) is 57.0 Å². The van der Waals surface area contributed by atoms with Crippen LogP contribution in [0.15, 0.2) is 30.6 Å². The molecule has 0 radical (unpaired) electrons. The van der Waals surface area contributed by atoms with Gasteiger partial charge in [-0.2, -0.15) is 0 Å². The van der Waals surface area contributed by atoms with Crippen molar-refractivity contribution in [1.29, 1.82) is 0 Å². The fourth-order valence-corrected chi connectivity index (χ4v) is 4.21. The van der Waals surface area contributed by atoms with Crippen molar-refractivity contribution in [2.24, 2.45) is 7.05 Å². The molecule has 2 heterocycles. The molecule has 5 nitrogen and oxygen atoms in total. The summed E-state index contributed by atoms with van der Waals surface area (Å²) in [6, 6.07) is 4.30. The van der Waals surface area contributed by atoms with E-state index in [-0.39, 0.29) is 17.8 Å². The number of ether oxygens (including phenoxy) is 1. The van der Waals surface area contributed by atoms with Crippen molar-refractivity contribution in [2.75, 3.05) is 6.54 Å². The van der Waals surface area contributed by atoms with E-state index < -0.39 is 11.4 Å². The maximum Gasteiger partial charge on any atom is 0.340 e. The van der Waals surface area contributed by atoms with Gasteiger partial charge in [-0.1, -0.05) is 13.8 Å². The molecule has 0 spiro atoms. The van der Waals surface area contributed by atoms with E-state index in [1.165, 1.54) is 18.2 Å². The second kappa shape index (κ2) is 7.74. The average molecular weight is 413 g/mol. The molecule has 1 aromatic carbocycles. The lowest BCUT2D eigenvalue weighted by molar-refractivity contribution is -0.140. The third kappa shape index (κ3) is 3.91. The van der Waals surface area contributed by atoms with Crippen LogP contribution in [-0.2, 0) is 22.0 Å². The van der Waals surface area contributed by atoms with Crippen molar-refractivity contribution >= 4 is 17.4 Å². The van der Waals surface area contributed by atoms with Gasteiger partial charge in [0.1, 0.15) is 5.82 Å². The van der Waals surface area contributed by atoms with Crippen LogP contribution < -0.4 is 0 Å². The third-order valence-corrected chi connectivity index (χ3v) is 5.36. The quantitative estimate of drug-likeness (QED) is 0.697. The first-order valence-electron chi connectivity index (χ1n) is 10.1. The fraction of sp³-hybridized carbons (Fsp3) is 0.417. The first kappa shape index (κ1) is 21.8. The maximum absolute atomic E-state index is 13.7. The molecule has 3 rings (SSSR count). The number of esters is 1. The number of fused-ring (bicyclic) bond motifs is 1. The van der Waals surface area contributed by atoms with E-state index in [2.05, 4.69) is 0 Å². The number of hydrogen-bond donors (Lipinski definition) is 0. The van der Waals surface area contributed by atoms with Crippen molar-refractivity contribution in [3.63, 3.8) is 0 Å². The van der Waals surface area contributed by atoms with Crippen LogP contribution in [0, 0.1) is 19.7 Å². The van der Waals surface area contributed by atoms with E-state index in [1.807, 2.05) is 38.6 Å². The molecule has 6 heteroatoms. The van der Waals surface area contributed by atoms with Gasteiger partial charge in [0.2, 0.25) is 0 Å². The highest BCUT2D eigenvalue weighted by molar-refractivity contribution is 6.18.